The van der Waals surface area contributed by atoms with Crippen LogP contribution in [0, 0.1) is 0 Å². The van der Waals surface area contributed by atoms with Crippen LogP contribution in [0.3, 0.4) is 0 Å². The van der Waals surface area contributed by atoms with Crippen molar-refractivity contribution < 1.29 is 14.7 Å². The molecule has 1 fully saturated rings. The predicted molar refractivity (Wildman–Crippen MR) is 125 cm³/mol. The number of hydrogen-bond donors (Lipinski definition) is 3. The van der Waals surface area contributed by atoms with Gasteiger partial charge in [0.1, 0.15) is 11.9 Å². The molecule has 2 unspecified atom stereocenters. The molecule has 2 atom stereocenters. The molecule has 0 amide bonds. The molecule has 2 aromatic rings. The highest BCUT2D eigenvalue weighted by atomic mass is 16.6. The van der Waals surface area contributed by atoms with Gasteiger partial charge in [-0.15, -0.1) is 0 Å². The third kappa shape index (κ3) is 4.26. The molecule has 1 aromatic heterocycles. The Morgan fingerprint density at radius 3 is 2.38 bits per heavy atom. The van der Waals surface area contributed by atoms with Gasteiger partial charge in [-0.2, -0.15) is 4.98 Å². The van der Waals surface area contributed by atoms with Gasteiger partial charge in [0.25, 0.3) is 0 Å². The Morgan fingerprint density at radius 1 is 1.19 bits per heavy atom. The molecule has 2 aliphatic rings. The molecule has 32 heavy (non-hydrogen) atoms. The van der Waals surface area contributed by atoms with Gasteiger partial charge in [-0.05, 0) is 65.2 Å². The first kappa shape index (κ1) is 22.0. The van der Waals surface area contributed by atoms with Gasteiger partial charge in [-0.3, -0.25) is 4.79 Å². The van der Waals surface area contributed by atoms with E-state index in [1.807, 2.05) is 44.2 Å². The van der Waals surface area contributed by atoms with Crippen molar-refractivity contribution in [3.63, 3.8) is 0 Å². The van der Waals surface area contributed by atoms with Gasteiger partial charge < -0.3 is 20.6 Å². The Bertz CT molecular complexity index is 1040. The van der Waals surface area contributed by atoms with Crippen molar-refractivity contribution in [2.24, 2.45) is 5.16 Å². The molecule has 1 aliphatic carbocycles. The van der Waals surface area contributed by atoms with E-state index in [-0.39, 0.29) is 17.6 Å². The quantitative estimate of drug-likeness (QED) is 0.595. The summed E-state index contributed by atoms with van der Waals surface area (Å²) in [7, 11) is 0. The fourth-order valence-electron chi connectivity index (χ4n) is 4.37. The Balaban J connectivity index is 1.62. The van der Waals surface area contributed by atoms with E-state index in [1.54, 1.807) is 0 Å². The minimum Gasteiger partial charge on any atom is -0.481 e. The zero-order valence-electron chi connectivity index (χ0n) is 19.3. The fourth-order valence-corrected chi connectivity index (χ4v) is 4.37. The summed E-state index contributed by atoms with van der Waals surface area (Å²) in [5.74, 6) is 0.386. The summed E-state index contributed by atoms with van der Waals surface area (Å²) in [6.45, 7) is 10.2. The second-order valence-corrected chi connectivity index (χ2v) is 9.84. The number of carbonyl (C=O) groups is 1. The molecule has 1 aliphatic heterocycles. The first-order valence-corrected chi connectivity index (χ1v) is 11.1. The van der Waals surface area contributed by atoms with E-state index in [0.717, 1.165) is 29.1 Å². The molecular formula is C24H31N5O3. The number of nitrogens with zero attached hydrogens (tertiary/aromatic N) is 3. The predicted octanol–water partition coefficient (Wildman–Crippen LogP) is 4.82. The van der Waals surface area contributed by atoms with E-state index >= 15 is 0 Å². The highest BCUT2D eigenvalue weighted by Crippen LogP contribution is 2.44. The standard InChI is InChI=1S/C24H31N5O3/c1-14-20(15(2)32-29-14)18-13-19(28-23(3,4)5)27-22(26-18)25-17-9-7-16(8-10-17)24(21(30)31)11-6-12-24/h7-10,13,15,20H,6,11-12H2,1-5H3,(H,30,31)(H2,25,26,27,28). The molecule has 2 heterocycles. The molecule has 3 N–H and O–H groups in total. The van der Waals surface area contributed by atoms with Crippen LogP contribution < -0.4 is 10.6 Å². The van der Waals surface area contributed by atoms with Gasteiger partial charge in [0.15, 0.2) is 0 Å². The lowest BCUT2D eigenvalue weighted by molar-refractivity contribution is -0.147. The fraction of sp³-hybridized carbons (Fsp3) is 0.500. The smallest absolute Gasteiger partial charge is 0.314 e. The summed E-state index contributed by atoms with van der Waals surface area (Å²) in [6, 6.07) is 9.50. The van der Waals surface area contributed by atoms with Gasteiger partial charge >= 0.3 is 5.97 Å². The second kappa shape index (κ2) is 8.07. The van der Waals surface area contributed by atoms with Crippen LogP contribution in [0.25, 0.3) is 0 Å². The lowest BCUT2D eigenvalue weighted by Gasteiger charge is -2.38. The van der Waals surface area contributed by atoms with Gasteiger partial charge in [-0.25, -0.2) is 4.98 Å². The van der Waals surface area contributed by atoms with Gasteiger partial charge in [0.05, 0.1) is 22.7 Å². The topological polar surface area (TPSA) is 109 Å². The second-order valence-electron chi connectivity index (χ2n) is 9.84. The first-order chi connectivity index (χ1) is 15.1. The number of aromatic nitrogens is 2. The van der Waals surface area contributed by atoms with Gasteiger partial charge in [0, 0.05) is 17.3 Å². The van der Waals surface area contributed by atoms with Crippen molar-refractivity contribution in [1.29, 1.82) is 0 Å². The lowest BCUT2D eigenvalue weighted by Crippen LogP contribution is -2.42. The van der Waals surface area contributed by atoms with Crippen molar-refractivity contribution in [2.45, 2.75) is 76.9 Å². The number of oxime groups is 1. The third-order valence-electron chi connectivity index (χ3n) is 6.16. The number of benzene rings is 1. The average molecular weight is 438 g/mol. The van der Waals surface area contributed by atoms with Gasteiger partial charge in [0.2, 0.25) is 5.95 Å². The average Bonchev–Trinajstić information content (AvgIpc) is 2.98. The maximum absolute atomic E-state index is 11.8. The highest BCUT2D eigenvalue weighted by molar-refractivity contribution is 5.90. The number of anilines is 3. The largest absolute Gasteiger partial charge is 0.481 e. The van der Waals surface area contributed by atoms with Crippen LogP contribution in [0.15, 0.2) is 35.5 Å². The van der Waals surface area contributed by atoms with Crippen molar-refractivity contribution in [3.05, 3.63) is 41.6 Å². The maximum atomic E-state index is 11.8. The molecule has 1 aromatic carbocycles. The molecule has 4 rings (SSSR count). The SMILES string of the molecule is CC1=NOC(C)C1c1cc(NC(C)(C)C)nc(Nc2ccc(C3(C(=O)O)CCC3)cc2)n1. The number of rotatable bonds is 6. The van der Waals surface area contributed by atoms with Crippen LogP contribution in [-0.4, -0.2) is 38.4 Å². The highest BCUT2D eigenvalue weighted by Gasteiger charge is 2.45. The van der Waals surface area contributed by atoms with E-state index < -0.39 is 11.4 Å². The van der Waals surface area contributed by atoms with Gasteiger partial charge in [-0.1, -0.05) is 23.7 Å². The Morgan fingerprint density at radius 2 is 1.88 bits per heavy atom. The molecule has 1 saturated carbocycles. The van der Waals surface area contributed by atoms with Crippen LogP contribution in [0.1, 0.15) is 71.1 Å². The normalized spacial score (nSPS) is 21.8. The summed E-state index contributed by atoms with van der Waals surface area (Å²) in [4.78, 5) is 26.6. The van der Waals surface area contributed by atoms with E-state index in [9.17, 15) is 9.90 Å². The third-order valence-corrected chi connectivity index (χ3v) is 6.16. The number of carboxylic acid groups (broad SMARTS) is 1. The maximum Gasteiger partial charge on any atom is 0.314 e. The molecule has 0 radical (unpaired) electrons. The van der Waals surface area contributed by atoms with Crippen LogP contribution in [0.4, 0.5) is 17.5 Å². The van der Waals surface area contributed by atoms with Crippen molar-refractivity contribution in [2.75, 3.05) is 10.6 Å². The zero-order chi connectivity index (χ0) is 23.1. The number of carboxylic acids is 1. The summed E-state index contributed by atoms with van der Waals surface area (Å²) < 4.78 is 0. The molecule has 0 spiro atoms. The minimum absolute atomic E-state index is 0.0458. The number of aliphatic carboxylic acids is 1. The molecule has 170 valence electrons. The van der Waals surface area contributed by atoms with Crippen molar-refractivity contribution in [3.8, 4) is 0 Å². The monoisotopic (exact) mass is 437 g/mol. The Labute approximate surface area is 188 Å². The van der Waals surface area contributed by atoms with Crippen molar-refractivity contribution >= 4 is 29.1 Å². The summed E-state index contributed by atoms with van der Waals surface area (Å²) >= 11 is 0. The lowest BCUT2D eigenvalue weighted by atomic mass is 9.64. The molecule has 0 saturated heterocycles. The van der Waals surface area contributed by atoms with Crippen LogP contribution in [0.5, 0.6) is 0 Å². The van der Waals surface area contributed by atoms with E-state index in [2.05, 4.69) is 41.5 Å². The van der Waals surface area contributed by atoms with E-state index in [4.69, 9.17) is 9.82 Å². The summed E-state index contributed by atoms with van der Waals surface area (Å²) in [5.41, 5.74) is 2.45. The molecule has 8 heteroatoms. The van der Waals surface area contributed by atoms with E-state index in [1.165, 1.54) is 0 Å². The zero-order valence-corrected chi connectivity index (χ0v) is 19.3. The van der Waals surface area contributed by atoms with Crippen LogP contribution in [0.2, 0.25) is 0 Å². The molecular weight excluding hydrogens is 406 g/mol. The van der Waals surface area contributed by atoms with Crippen LogP contribution >= 0.6 is 0 Å². The first-order valence-electron chi connectivity index (χ1n) is 11.1. The number of nitrogens with one attached hydrogen (secondary N) is 2. The van der Waals surface area contributed by atoms with Crippen LogP contribution in [-0.2, 0) is 15.0 Å². The van der Waals surface area contributed by atoms with Crippen molar-refractivity contribution in [1.82, 2.24) is 9.97 Å². The summed E-state index contributed by atoms with van der Waals surface area (Å²) in [6.07, 6.45) is 2.21. The van der Waals surface area contributed by atoms with E-state index in [0.29, 0.717) is 24.6 Å². The Hall–Kier alpha value is -3.16. The summed E-state index contributed by atoms with van der Waals surface area (Å²) in [5, 5.41) is 20.5. The Kier molecular flexibility index (Phi) is 5.56. The number of hydrogen-bond acceptors (Lipinski definition) is 7. The molecule has 0 bridgehead atoms. The molecule has 8 nitrogen and oxygen atoms in total. The minimum atomic E-state index is -0.747.